The number of aromatic carboxylic acids is 1. The molecule has 0 bridgehead atoms. The number of urea groups is 1. The fourth-order valence-electron chi connectivity index (χ4n) is 4.17. The molecule has 34 heavy (non-hydrogen) atoms. The second-order valence-corrected chi connectivity index (χ2v) is 8.39. The van der Waals surface area contributed by atoms with Crippen molar-refractivity contribution in [2.75, 3.05) is 20.1 Å². The van der Waals surface area contributed by atoms with Crippen LogP contribution in [0.15, 0.2) is 54.6 Å². The lowest BCUT2D eigenvalue weighted by Gasteiger charge is -2.46. The first-order valence-electron chi connectivity index (χ1n) is 11.1. The molecule has 1 unspecified atom stereocenters. The van der Waals surface area contributed by atoms with Crippen LogP contribution in [0.4, 0.5) is 4.79 Å². The summed E-state index contributed by atoms with van der Waals surface area (Å²) < 4.78 is 0. The maximum Gasteiger partial charge on any atom is 0.335 e. The molecule has 2 saturated heterocycles. The van der Waals surface area contributed by atoms with Gasteiger partial charge in [0.2, 0.25) is 5.91 Å². The zero-order valence-electron chi connectivity index (χ0n) is 19.1. The van der Waals surface area contributed by atoms with E-state index in [2.05, 4.69) is 11.0 Å². The Morgan fingerprint density at radius 3 is 2.44 bits per heavy atom. The van der Waals surface area contributed by atoms with Gasteiger partial charge in [0.1, 0.15) is 0 Å². The minimum absolute atomic E-state index is 0.0619. The van der Waals surface area contributed by atoms with Gasteiger partial charge in [-0.1, -0.05) is 36.4 Å². The molecule has 0 radical (unpaired) electrons. The number of nitriles is 1. The quantitative estimate of drug-likeness (QED) is 0.712. The third kappa shape index (κ3) is 5.98. The van der Waals surface area contributed by atoms with E-state index in [0.717, 1.165) is 29.8 Å². The minimum atomic E-state index is -0.879. The number of hydrogen-bond donors (Lipinski definition) is 2. The zero-order valence-corrected chi connectivity index (χ0v) is 19.1. The zero-order chi connectivity index (χ0) is 24.7. The number of piperidine rings is 1. The molecule has 0 aliphatic carbocycles. The molecule has 3 amide bonds. The lowest BCUT2D eigenvalue weighted by molar-refractivity contribution is -0.135. The number of carbonyl (C=O) groups is 3. The first kappa shape index (κ1) is 24.9. The molecule has 2 aromatic carbocycles. The average molecular weight is 464 g/mol. The van der Waals surface area contributed by atoms with Crippen LogP contribution in [0.5, 0.6) is 0 Å². The largest absolute Gasteiger partial charge is 0.478 e. The van der Waals surface area contributed by atoms with Gasteiger partial charge in [0.25, 0.3) is 0 Å². The van der Waals surface area contributed by atoms with Crippen molar-refractivity contribution in [3.63, 3.8) is 0 Å². The molecule has 0 aromatic heterocycles. The summed E-state index contributed by atoms with van der Waals surface area (Å²) in [5.41, 5.74) is 7.75. The van der Waals surface area contributed by atoms with E-state index in [1.807, 2.05) is 12.1 Å². The highest BCUT2D eigenvalue weighted by atomic mass is 16.4. The van der Waals surface area contributed by atoms with Gasteiger partial charge in [-0.2, -0.15) is 5.26 Å². The minimum Gasteiger partial charge on any atom is -0.478 e. The van der Waals surface area contributed by atoms with Crippen LogP contribution in [0.1, 0.15) is 40.7 Å². The summed E-state index contributed by atoms with van der Waals surface area (Å²) in [4.78, 5) is 40.2. The lowest BCUT2D eigenvalue weighted by Crippen LogP contribution is -2.63. The summed E-state index contributed by atoms with van der Waals surface area (Å²) in [7, 11) is 1.51. The first-order valence-corrected chi connectivity index (χ1v) is 11.1. The van der Waals surface area contributed by atoms with Crippen molar-refractivity contribution in [1.29, 1.82) is 5.26 Å². The van der Waals surface area contributed by atoms with E-state index in [1.54, 1.807) is 47.4 Å². The summed E-state index contributed by atoms with van der Waals surface area (Å²) in [6.07, 6.45) is 1.86. The molecule has 2 fully saturated rings. The fourth-order valence-corrected chi connectivity index (χ4v) is 4.17. The Kier molecular flexibility index (Phi) is 8.35. The number of carboxylic acid groups (broad SMARTS) is 1. The van der Waals surface area contributed by atoms with E-state index in [4.69, 9.17) is 10.8 Å². The summed E-state index contributed by atoms with van der Waals surface area (Å²) in [5, 5.41) is 17.7. The Bertz CT molecular complexity index is 1070. The number of likely N-dealkylation sites (tertiary alicyclic amines) is 1. The van der Waals surface area contributed by atoms with Crippen LogP contribution in [-0.2, 0) is 11.3 Å². The predicted molar refractivity (Wildman–Crippen MR) is 125 cm³/mol. The number of hydrogen-bond acceptors (Lipinski definition) is 6. The molecule has 2 atom stereocenters. The number of benzene rings is 2. The normalized spacial score (nSPS) is 20.9. The van der Waals surface area contributed by atoms with Crippen LogP contribution < -0.4 is 5.73 Å². The van der Waals surface area contributed by atoms with Crippen LogP contribution in [0, 0.1) is 11.3 Å². The van der Waals surface area contributed by atoms with Gasteiger partial charge in [-0.05, 0) is 36.6 Å². The van der Waals surface area contributed by atoms with E-state index < -0.39 is 5.97 Å². The van der Waals surface area contributed by atoms with E-state index >= 15 is 0 Å². The van der Waals surface area contributed by atoms with Gasteiger partial charge in [-0.3, -0.25) is 14.6 Å². The molecule has 0 saturated carbocycles. The van der Waals surface area contributed by atoms with Crippen molar-refractivity contribution in [1.82, 2.24) is 14.7 Å². The Morgan fingerprint density at radius 1 is 1.15 bits per heavy atom. The highest BCUT2D eigenvalue weighted by Crippen LogP contribution is 2.25. The van der Waals surface area contributed by atoms with Gasteiger partial charge in [-0.15, -0.1) is 0 Å². The summed E-state index contributed by atoms with van der Waals surface area (Å²) in [6.45, 7) is 1.79. The first-order chi connectivity index (χ1) is 16.3. The molecule has 3 N–H and O–H groups in total. The van der Waals surface area contributed by atoms with Gasteiger partial charge in [0.15, 0.2) is 0 Å². The number of amides is 3. The standard InChI is InChI=1S/C18H23N5O2.C7H6O2/c1-21-17(24)9-16(22-8-4-7-15(20)12-22)23(18(21)25)11-14-6-3-2-5-13(14)10-19;8-7(9)6-4-2-1-3-5-6/h2-3,5-6,15-16H,4,7-9,11-12,20H2,1H3;1-5H,(H,8,9)/t15-,16?;/m1./s1. The molecule has 4 rings (SSSR count). The molecule has 178 valence electrons. The lowest BCUT2D eigenvalue weighted by atomic mass is 10.0. The van der Waals surface area contributed by atoms with Gasteiger partial charge >= 0.3 is 12.0 Å². The van der Waals surface area contributed by atoms with E-state index in [9.17, 15) is 19.6 Å². The number of carboxylic acids is 1. The number of nitrogens with zero attached hydrogens (tertiary/aromatic N) is 4. The van der Waals surface area contributed by atoms with Crippen molar-refractivity contribution < 1.29 is 19.5 Å². The van der Waals surface area contributed by atoms with Crippen molar-refractivity contribution >= 4 is 17.9 Å². The highest BCUT2D eigenvalue weighted by Gasteiger charge is 2.40. The van der Waals surface area contributed by atoms with E-state index in [-0.39, 0.29) is 30.6 Å². The Balaban J connectivity index is 0.000000302. The topological polar surface area (TPSA) is 131 Å². The predicted octanol–water partition coefficient (Wildman–Crippen LogP) is 2.48. The maximum absolute atomic E-state index is 12.8. The van der Waals surface area contributed by atoms with Crippen molar-refractivity contribution in [3.05, 3.63) is 71.3 Å². The Morgan fingerprint density at radius 2 is 1.82 bits per heavy atom. The molecule has 2 aliphatic heterocycles. The van der Waals surface area contributed by atoms with Crippen LogP contribution in [0.3, 0.4) is 0 Å². The summed E-state index contributed by atoms with van der Waals surface area (Å²) >= 11 is 0. The van der Waals surface area contributed by atoms with Crippen LogP contribution in [0.25, 0.3) is 0 Å². The third-order valence-corrected chi connectivity index (χ3v) is 6.03. The van der Waals surface area contributed by atoms with Gasteiger partial charge in [-0.25, -0.2) is 9.59 Å². The fraction of sp³-hybridized carbons (Fsp3) is 0.360. The van der Waals surface area contributed by atoms with Crippen molar-refractivity contribution in [2.24, 2.45) is 5.73 Å². The Labute approximate surface area is 199 Å². The number of rotatable bonds is 4. The molecular weight excluding hydrogens is 434 g/mol. The molecule has 0 spiro atoms. The molecular formula is C25H29N5O4. The van der Waals surface area contributed by atoms with Crippen molar-refractivity contribution in [3.8, 4) is 6.07 Å². The molecule has 2 heterocycles. The van der Waals surface area contributed by atoms with Crippen LogP contribution in [0.2, 0.25) is 0 Å². The number of imide groups is 1. The Hall–Kier alpha value is -3.74. The molecule has 2 aliphatic rings. The monoisotopic (exact) mass is 463 g/mol. The highest BCUT2D eigenvalue weighted by molar-refractivity contribution is 5.97. The maximum atomic E-state index is 12.8. The molecule has 2 aromatic rings. The second kappa shape index (κ2) is 11.4. The van der Waals surface area contributed by atoms with E-state index in [0.29, 0.717) is 24.2 Å². The summed E-state index contributed by atoms with van der Waals surface area (Å²) in [5.74, 6) is -1.06. The van der Waals surface area contributed by atoms with E-state index in [1.165, 1.54) is 7.05 Å². The average Bonchev–Trinajstić information content (AvgIpc) is 2.85. The van der Waals surface area contributed by atoms with Gasteiger partial charge < -0.3 is 15.7 Å². The second-order valence-electron chi connectivity index (χ2n) is 8.39. The van der Waals surface area contributed by atoms with Gasteiger partial charge in [0.05, 0.1) is 36.3 Å². The van der Waals surface area contributed by atoms with Crippen LogP contribution in [-0.4, -0.2) is 70.1 Å². The number of nitrogens with two attached hydrogens (primary N) is 1. The smallest absolute Gasteiger partial charge is 0.335 e. The van der Waals surface area contributed by atoms with Crippen LogP contribution >= 0.6 is 0 Å². The summed E-state index contributed by atoms with van der Waals surface area (Å²) in [6, 6.07) is 17.4. The molecule has 9 heteroatoms. The van der Waals surface area contributed by atoms with Gasteiger partial charge in [0, 0.05) is 26.2 Å². The van der Waals surface area contributed by atoms with Crippen molar-refractivity contribution in [2.45, 2.75) is 38.0 Å². The number of carbonyl (C=O) groups excluding carboxylic acids is 2. The third-order valence-electron chi connectivity index (χ3n) is 6.03. The SMILES string of the molecule is CN1C(=O)CC(N2CCC[C@@H](N)C2)N(Cc2ccccc2C#N)C1=O.O=C(O)c1ccccc1. The molecule has 9 nitrogen and oxygen atoms in total.